The lowest BCUT2D eigenvalue weighted by Gasteiger charge is -2.11. The first-order valence-electron chi connectivity index (χ1n) is 8.80. The van der Waals surface area contributed by atoms with Gasteiger partial charge in [0.1, 0.15) is 17.2 Å². The zero-order chi connectivity index (χ0) is 19.3. The van der Waals surface area contributed by atoms with Crippen molar-refractivity contribution in [2.45, 2.75) is 0 Å². The summed E-state index contributed by atoms with van der Waals surface area (Å²) >= 11 is 0. The Labute approximate surface area is 162 Å². The molecule has 5 nitrogen and oxygen atoms in total. The SMILES string of the molecule is O=C(Nc1cccc(Oc2ccccc2)c1)Nc1cccc2cc(O)ccc12. The number of carbonyl (C=O) groups is 1. The van der Waals surface area contributed by atoms with Gasteiger partial charge in [-0.2, -0.15) is 0 Å². The summed E-state index contributed by atoms with van der Waals surface area (Å²) < 4.78 is 5.79. The Morgan fingerprint density at radius 1 is 0.750 bits per heavy atom. The van der Waals surface area contributed by atoms with Gasteiger partial charge in [-0.1, -0.05) is 36.4 Å². The van der Waals surface area contributed by atoms with Crippen LogP contribution in [0.15, 0.2) is 91.0 Å². The van der Waals surface area contributed by atoms with Crippen LogP contribution in [0.5, 0.6) is 17.2 Å². The second kappa shape index (κ2) is 7.72. The first kappa shape index (κ1) is 17.4. The molecule has 0 bridgehead atoms. The van der Waals surface area contributed by atoms with Gasteiger partial charge in [0, 0.05) is 17.1 Å². The van der Waals surface area contributed by atoms with E-state index in [2.05, 4.69) is 10.6 Å². The maximum absolute atomic E-state index is 12.4. The number of phenolic OH excluding ortho intramolecular Hbond substituents is 1. The molecular formula is C23H18N2O3. The minimum absolute atomic E-state index is 0.185. The number of phenols is 1. The van der Waals surface area contributed by atoms with Crippen molar-refractivity contribution in [2.24, 2.45) is 0 Å². The predicted octanol–water partition coefficient (Wildman–Crippen LogP) is 5.98. The van der Waals surface area contributed by atoms with Gasteiger partial charge in [-0.25, -0.2) is 4.79 Å². The van der Waals surface area contributed by atoms with Gasteiger partial charge in [-0.05, 0) is 53.9 Å². The first-order chi connectivity index (χ1) is 13.7. The van der Waals surface area contributed by atoms with Crippen molar-refractivity contribution in [2.75, 3.05) is 10.6 Å². The molecule has 138 valence electrons. The summed E-state index contributed by atoms with van der Waals surface area (Å²) in [6.45, 7) is 0. The van der Waals surface area contributed by atoms with Gasteiger partial charge in [0.15, 0.2) is 0 Å². The van der Waals surface area contributed by atoms with Gasteiger partial charge in [0.2, 0.25) is 0 Å². The van der Waals surface area contributed by atoms with Gasteiger partial charge in [-0.15, -0.1) is 0 Å². The fourth-order valence-corrected chi connectivity index (χ4v) is 2.93. The van der Waals surface area contributed by atoms with E-state index in [1.807, 2.05) is 60.7 Å². The smallest absolute Gasteiger partial charge is 0.323 e. The first-order valence-corrected chi connectivity index (χ1v) is 8.80. The molecule has 0 atom stereocenters. The molecule has 0 aliphatic rings. The molecule has 4 rings (SSSR count). The molecule has 0 radical (unpaired) electrons. The molecule has 0 saturated carbocycles. The lowest BCUT2D eigenvalue weighted by Crippen LogP contribution is -2.19. The number of aromatic hydroxyl groups is 1. The molecular weight excluding hydrogens is 352 g/mol. The Kier molecular flexibility index (Phi) is 4.80. The fourth-order valence-electron chi connectivity index (χ4n) is 2.93. The summed E-state index contributed by atoms with van der Waals surface area (Å²) in [6, 6.07) is 26.8. The quantitative estimate of drug-likeness (QED) is 0.414. The maximum atomic E-state index is 12.4. The highest BCUT2D eigenvalue weighted by atomic mass is 16.5. The number of para-hydroxylation sites is 1. The second-order valence-electron chi connectivity index (χ2n) is 6.23. The highest BCUT2D eigenvalue weighted by molar-refractivity contribution is 6.06. The van der Waals surface area contributed by atoms with Crippen LogP contribution in [0, 0.1) is 0 Å². The van der Waals surface area contributed by atoms with Crippen molar-refractivity contribution in [1.82, 2.24) is 0 Å². The number of amides is 2. The molecule has 0 heterocycles. The average Bonchev–Trinajstić information content (AvgIpc) is 2.69. The lowest BCUT2D eigenvalue weighted by atomic mass is 10.1. The summed E-state index contributed by atoms with van der Waals surface area (Å²) in [7, 11) is 0. The monoisotopic (exact) mass is 370 g/mol. The van der Waals surface area contributed by atoms with Crippen molar-refractivity contribution in [1.29, 1.82) is 0 Å². The van der Waals surface area contributed by atoms with Crippen molar-refractivity contribution < 1.29 is 14.6 Å². The zero-order valence-electron chi connectivity index (χ0n) is 14.9. The third kappa shape index (κ3) is 4.04. The molecule has 4 aromatic carbocycles. The van der Waals surface area contributed by atoms with E-state index in [4.69, 9.17) is 4.74 Å². The summed E-state index contributed by atoms with van der Waals surface area (Å²) in [6.07, 6.45) is 0. The molecule has 0 unspecified atom stereocenters. The molecule has 0 saturated heterocycles. The Morgan fingerprint density at radius 2 is 1.54 bits per heavy atom. The number of hydrogen-bond acceptors (Lipinski definition) is 3. The van der Waals surface area contributed by atoms with E-state index < -0.39 is 0 Å². The number of urea groups is 1. The van der Waals surface area contributed by atoms with Crippen LogP contribution in [0.4, 0.5) is 16.2 Å². The average molecular weight is 370 g/mol. The summed E-state index contributed by atoms with van der Waals surface area (Å²) in [5.41, 5.74) is 1.27. The number of anilines is 2. The van der Waals surface area contributed by atoms with E-state index in [0.29, 0.717) is 17.1 Å². The van der Waals surface area contributed by atoms with E-state index in [9.17, 15) is 9.90 Å². The van der Waals surface area contributed by atoms with E-state index in [0.717, 1.165) is 16.5 Å². The molecule has 2 amide bonds. The molecule has 0 spiro atoms. The van der Waals surface area contributed by atoms with Crippen LogP contribution in [0.3, 0.4) is 0 Å². The normalized spacial score (nSPS) is 10.4. The van der Waals surface area contributed by atoms with Gasteiger partial charge < -0.3 is 20.5 Å². The second-order valence-corrected chi connectivity index (χ2v) is 6.23. The lowest BCUT2D eigenvalue weighted by molar-refractivity contribution is 0.262. The van der Waals surface area contributed by atoms with Crippen LogP contribution in [0.25, 0.3) is 10.8 Å². The highest BCUT2D eigenvalue weighted by Gasteiger charge is 2.07. The van der Waals surface area contributed by atoms with Crippen LogP contribution in [0.1, 0.15) is 0 Å². The number of nitrogens with one attached hydrogen (secondary N) is 2. The fraction of sp³-hybridized carbons (Fsp3) is 0. The zero-order valence-corrected chi connectivity index (χ0v) is 14.9. The van der Waals surface area contributed by atoms with Gasteiger partial charge in [-0.3, -0.25) is 0 Å². The van der Waals surface area contributed by atoms with Gasteiger partial charge >= 0.3 is 6.03 Å². The molecule has 0 aliphatic carbocycles. The van der Waals surface area contributed by atoms with E-state index in [1.165, 1.54) is 0 Å². The number of fused-ring (bicyclic) bond motifs is 1. The summed E-state index contributed by atoms with van der Waals surface area (Å²) in [5, 5.41) is 17.0. The molecule has 4 aromatic rings. The Hall–Kier alpha value is -3.99. The number of benzene rings is 4. The van der Waals surface area contributed by atoms with Gasteiger partial charge in [0.05, 0.1) is 5.69 Å². The maximum Gasteiger partial charge on any atom is 0.323 e. The molecule has 0 aliphatic heterocycles. The third-order valence-corrected chi connectivity index (χ3v) is 4.18. The number of rotatable bonds is 4. The molecule has 0 aromatic heterocycles. The number of carbonyl (C=O) groups excluding carboxylic acids is 1. The third-order valence-electron chi connectivity index (χ3n) is 4.18. The van der Waals surface area contributed by atoms with Crippen LogP contribution in [-0.2, 0) is 0 Å². The topological polar surface area (TPSA) is 70.6 Å². The summed E-state index contributed by atoms with van der Waals surface area (Å²) in [5.74, 6) is 1.54. The predicted molar refractivity (Wildman–Crippen MR) is 111 cm³/mol. The van der Waals surface area contributed by atoms with Crippen LogP contribution < -0.4 is 15.4 Å². The molecule has 3 N–H and O–H groups in total. The van der Waals surface area contributed by atoms with Crippen molar-refractivity contribution >= 4 is 28.2 Å². The van der Waals surface area contributed by atoms with Crippen molar-refractivity contribution in [3.63, 3.8) is 0 Å². The number of hydrogen-bond donors (Lipinski definition) is 3. The largest absolute Gasteiger partial charge is 0.508 e. The van der Waals surface area contributed by atoms with Gasteiger partial charge in [0.25, 0.3) is 0 Å². The molecule has 0 fully saturated rings. The summed E-state index contributed by atoms with van der Waals surface area (Å²) in [4.78, 5) is 12.4. The Morgan fingerprint density at radius 3 is 2.39 bits per heavy atom. The molecule has 28 heavy (non-hydrogen) atoms. The van der Waals surface area contributed by atoms with E-state index in [1.54, 1.807) is 30.3 Å². The standard InChI is InChI=1S/C23H18N2O3/c26-18-12-13-21-16(14-18)6-4-11-22(21)25-23(27)24-17-7-5-10-20(15-17)28-19-8-2-1-3-9-19/h1-15,26H,(H2,24,25,27). The Bertz CT molecular complexity index is 1130. The van der Waals surface area contributed by atoms with E-state index in [-0.39, 0.29) is 11.8 Å². The van der Waals surface area contributed by atoms with E-state index >= 15 is 0 Å². The molecule has 5 heteroatoms. The van der Waals surface area contributed by atoms with Crippen LogP contribution >= 0.6 is 0 Å². The minimum Gasteiger partial charge on any atom is -0.508 e. The van der Waals surface area contributed by atoms with Crippen LogP contribution in [-0.4, -0.2) is 11.1 Å². The van der Waals surface area contributed by atoms with Crippen molar-refractivity contribution in [3.8, 4) is 17.2 Å². The Balaban J connectivity index is 1.48. The highest BCUT2D eigenvalue weighted by Crippen LogP contribution is 2.27. The minimum atomic E-state index is -0.363. The van der Waals surface area contributed by atoms with Crippen LogP contribution in [0.2, 0.25) is 0 Å². The van der Waals surface area contributed by atoms with Crippen molar-refractivity contribution in [3.05, 3.63) is 91.0 Å². The number of ether oxygens (including phenoxy) is 1.